The predicted molar refractivity (Wildman–Crippen MR) is 99.5 cm³/mol. The lowest BCUT2D eigenvalue weighted by atomic mass is 9.96. The summed E-state index contributed by atoms with van der Waals surface area (Å²) in [6.45, 7) is 7.87. The Bertz CT molecular complexity index is 817. The summed E-state index contributed by atoms with van der Waals surface area (Å²) >= 11 is 0. The number of amides is 1. The number of hydrazine groups is 1. The molecule has 25 heavy (non-hydrogen) atoms. The summed E-state index contributed by atoms with van der Waals surface area (Å²) in [6.07, 6.45) is 0.577. The van der Waals surface area contributed by atoms with E-state index in [2.05, 4.69) is 16.2 Å². The molecule has 2 atom stereocenters. The van der Waals surface area contributed by atoms with Crippen LogP contribution in [0.1, 0.15) is 40.3 Å². The summed E-state index contributed by atoms with van der Waals surface area (Å²) in [5.74, 6) is 0.216. The molecule has 5 nitrogen and oxygen atoms in total. The molecule has 0 saturated carbocycles. The number of nitrogens with one attached hydrogen (secondary N) is 3. The van der Waals surface area contributed by atoms with Gasteiger partial charge in [0, 0.05) is 11.3 Å². The monoisotopic (exact) mass is 339 g/mol. The highest BCUT2D eigenvalue weighted by Gasteiger charge is 2.32. The van der Waals surface area contributed by atoms with Gasteiger partial charge in [0.1, 0.15) is 11.8 Å². The highest BCUT2D eigenvalue weighted by molar-refractivity contribution is 5.95. The Morgan fingerprint density at radius 1 is 1.04 bits per heavy atom. The molecule has 3 rings (SSSR count). The van der Waals surface area contributed by atoms with Crippen molar-refractivity contribution in [3.05, 3.63) is 58.1 Å². The number of benzene rings is 2. The molecule has 0 aliphatic carbocycles. The van der Waals surface area contributed by atoms with Crippen LogP contribution in [-0.4, -0.2) is 17.1 Å². The van der Waals surface area contributed by atoms with Gasteiger partial charge in [-0.2, -0.15) is 0 Å². The van der Waals surface area contributed by atoms with Gasteiger partial charge in [-0.1, -0.05) is 29.8 Å². The molecule has 0 spiro atoms. The fourth-order valence-corrected chi connectivity index (χ4v) is 3.28. The van der Waals surface area contributed by atoms with Gasteiger partial charge in [0.15, 0.2) is 0 Å². The number of carbonyl (C=O) groups excluding carboxylic acids is 1. The second kappa shape index (κ2) is 6.86. The van der Waals surface area contributed by atoms with E-state index in [9.17, 15) is 9.90 Å². The molecule has 0 bridgehead atoms. The van der Waals surface area contributed by atoms with Gasteiger partial charge in [0.2, 0.25) is 5.91 Å². The van der Waals surface area contributed by atoms with Crippen molar-refractivity contribution in [1.29, 1.82) is 0 Å². The lowest BCUT2D eigenvalue weighted by Crippen LogP contribution is -2.39. The Morgan fingerprint density at radius 3 is 2.56 bits per heavy atom. The van der Waals surface area contributed by atoms with E-state index in [4.69, 9.17) is 0 Å². The summed E-state index contributed by atoms with van der Waals surface area (Å²) in [7, 11) is 0. The van der Waals surface area contributed by atoms with Gasteiger partial charge in [0.25, 0.3) is 0 Å². The first kappa shape index (κ1) is 17.5. The summed E-state index contributed by atoms with van der Waals surface area (Å²) in [5.41, 5.74) is 11.9. The molecule has 2 aromatic rings. The van der Waals surface area contributed by atoms with Crippen LogP contribution >= 0.6 is 0 Å². The first-order valence-corrected chi connectivity index (χ1v) is 8.54. The number of hydrogen-bond donors (Lipinski definition) is 4. The zero-order valence-corrected chi connectivity index (χ0v) is 15.1. The SMILES string of the molecule is Cc1ccc(C)c(NC(=O)C2CC(c3cc(C)cc(C)c3O)NN2)c1. The van der Waals surface area contributed by atoms with Crippen LogP contribution in [0.15, 0.2) is 30.3 Å². The number of aromatic hydroxyl groups is 1. The molecule has 1 saturated heterocycles. The van der Waals surface area contributed by atoms with Crippen molar-refractivity contribution in [2.24, 2.45) is 0 Å². The standard InChI is InChI=1S/C20H25N3O2/c1-11-5-6-13(3)16(9-11)21-20(25)18-10-17(22-23-18)15-8-12(2)7-14(4)19(15)24/h5-9,17-18,22-24H,10H2,1-4H3,(H,21,25). The van der Waals surface area contributed by atoms with Crippen molar-refractivity contribution >= 4 is 11.6 Å². The van der Waals surface area contributed by atoms with E-state index in [0.29, 0.717) is 12.2 Å². The van der Waals surface area contributed by atoms with Gasteiger partial charge < -0.3 is 10.4 Å². The molecular formula is C20H25N3O2. The van der Waals surface area contributed by atoms with Crippen LogP contribution in [0.25, 0.3) is 0 Å². The molecule has 0 radical (unpaired) electrons. The molecule has 4 N–H and O–H groups in total. The first-order chi connectivity index (χ1) is 11.8. The third kappa shape index (κ3) is 3.67. The molecule has 1 heterocycles. The van der Waals surface area contributed by atoms with Crippen LogP contribution in [0.2, 0.25) is 0 Å². The van der Waals surface area contributed by atoms with Gasteiger partial charge >= 0.3 is 0 Å². The number of aryl methyl sites for hydroxylation is 4. The lowest BCUT2D eigenvalue weighted by Gasteiger charge is -2.15. The topological polar surface area (TPSA) is 73.4 Å². The summed E-state index contributed by atoms with van der Waals surface area (Å²) in [6, 6.07) is 9.46. The smallest absolute Gasteiger partial charge is 0.242 e. The number of phenolic OH excluding ortho intramolecular Hbond substituents is 1. The number of phenols is 1. The molecule has 0 aromatic heterocycles. The third-order valence-corrected chi connectivity index (χ3v) is 4.72. The molecule has 5 heteroatoms. The highest BCUT2D eigenvalue weighted by atomic mass is 16.3. The minimum atomic E-state index is -0.356. The fourth-order valence-electron chi connectivity index (χ4n) is 3.28. The molecule has 132 valence electrons. The minimum absolute atomic E-state index is 0.0763. The van der Waals surface area contributed by atoms with Crippen molar-refractivity contribution < 1.29 is 9.90 Å². The van der Waals surface area contributed by atoms with Crippen molar-refractivity contribution in [1.82, 2.24) is 10.9 Å². The largest absolute Gasteiger partial charge is 0.507 e. The normalized spacial score (nSPS) is 19.8. The number of anilines is 1. The average molecular weight is 339 g/mol. The molecule has 1 fully saturated rings. The summed E-state index contributed by atoms with van der Waals surface area (Å²) in [5, 5.41) is 13.3. The van der Waals surface area contributed by atoms with Gasteiger partial charge in [-0.15, -0.1) is 0 Å². The highest BCUT2D eigenvalue weighted by Crippen LogP contribution is 2.33. The minimum Gasteiger partial charge on any atom is -0.507 e. The van der Waals surface area contributed by atoms with Crippen LogP contribution in [0.3, 0.4) is 0 Å². The molecule has 1 amide bonds. The predicted octanol–water partition coefficient (Wildman–Crippen LogP) is 3.17. The number of hydrogen-bond acceptors (Lipinski definition) is 4. The van der Waals surface area contributed by atoms with Crippen molar-refractivity contribution in [3.63, 3.8) is 0 Å². The maximum Gasteiger partial charge on any atom is 0.242 e. The lowest BCUT2D eigenvalue weighted by molar-refractivity contribution is -0.117. The van der Waals surface area contributed by atoms with E-state index < -0.39 is 0 Å². The van der Waals surface area contributed by atoms with Crippen LogP contribution in [0, 0.1) is 27.7 Å². The Balaban J connectivity index is 1.72. The van der Waals surface area contributed by atoms with Crippen LogP contribution in [0.4, 0.5) is 5.69 Å². The quantitative estimate of drug-likeness (QED) is 0.693. The van der Waals surface area contributed by atoms with Gasteiger partial charge in [-0.25, -0.2) is 10.9 Å². The third-order valence-electron chi connectivity index (χ3n) is 4.72. The number of carbonyl (C=O) groups is 1. The van der Waals surface area contributed by atoms with Crippen molar-refractivity contribution in [3.8, 4) is 5.75 Å². The van der Waals surface area contributed by atoms with Gasteiger partial charge in [0.05, 0.1) is 6.04 Å². The Morgan fingerprint density at radius 2 is 1.80 bits per heavy atom. The zero-order valence-electron chi connectivity index (χ0n) is 15.1. The van der Waals surface area contributed by atoms with Crippen LogP contribution in [0.5, 0.6) is 5.75 Å². The Kier molecular flexibility index (Phi) is 4.79. The van der Waals surface area contributed by atoms with E-state index in [0.717, 1.165) is 33.5 Å². The van der Waals surface area contributed by atoms with Crippen molar-refractivity contribution in [2.75, 3.05) is 5.32 Å². The van der Waals surface area contributed by atoms with E-state index in [1.807, 2.05) is 58.0 Å². The van der Waals surface area contributed by atoms with E-state index >= 15 is 0 Å². The van der Waals surface area contributed by atoms with E-state index in [-0.39, 0.29) is 18.0 Å². The molecule has 2 unspecified atom stereocenters. The van der Waals surface area contributed by atoms with E-state index in [1.165, 1.54) is 0 Å². The fraction of sp³-hybridized carbons (Fsp3) is 0.350. The van der Waals surface area contributed by atoms with Crippen LogP contribution in [-0.2, 0) is 4.79 Å². The zero-order chi connectivity index (χ0) is 18.1. The van der Waals surface area contributed by atoms with Gasteiger partial charge in [-0.05, 0) is 56.9 Å². The number of rotatable bonds is 3. The maximum absolute atomic E-state index is 12.6. The molecule has 1 aliphatic heterocycles. The Hall–Kier alpha value is -2.37. The maximum atomic E-state index is 12.6. The van der Waals surface area contributed by atoms with Crippen LogP contribution < -0.4 is 16.2 Å². The van der Waals surface area contributed by atoms with Gasteiger partial charge in [-0.3, -0.25) is 4.79 Å². The summed E-state index contributed by atoms with van der Waals surface area (Å²) in [4.78, 5) is 12.6. The summed E-state index contributed by atoms with van der Waals surface area (Å²) < 4.78 is 0. The molecule has 1 aliphatic rings. The van der Waals surface area contributed by atoms with E-state index in [1.54, 1.807) is 0 Å². The molecule has 2 aromatic carbocycles. The first-order valence-electron chi connectivity index (χ1n) is 8.54. The van der Waals surface area contributed by atoms with Crippen molar-refractivity contribution in [2.45, 2.75) is 46.2 Å². The second-order valence-corrected chi connectivity index (χ2v) is 6.96. The molecular weight excluding hydrogens is 314 g/mol. The Labute approximate surface area is 148 Å². The second-order valence-electron chi connectivity index (χ2n) is 6.96. The average Bonchev–Trinajstić information content (AvgIpc) is 3.04.